The summed E-state index contributed by atoms with van der Waals surface area (Å²) in [5.41, 5.74) is 5.05. The highest BCUT2D eigenvalue weighted by Crippen LogP contribution is 2.36. The molecule has 3 aromatic carbocycles. The highest BCUT2D eigenvalue weighted by atomic mass is 32.2. The summed E-state index contributed by atoms with van der Waals surface area (Å²) in [6.07, 6.45) is 0.834. The Kier molecular flexibility index (Phi) is 5.71. The van der Waals surface area contributed by atoms with E-state index in [9.17, 15) is 18.0 Å². The number of hydrogen-bond donors (Lipinski definition) is 1. The van der Waals surface area contributed by atoms with Crippen LogP contribution in [0.2, 0.25) is 0 Å². The summed E-state index contributed by atoms with van der Waals surface area (Å²) in [5, 5.41) is 0. The molecule has 31 heavy (non-hydrogen) atoms. The number of fused-ring (bicyclic) bond motifs is 3. The first kappa shape index (κ1) is 21.0. The number of hydrogen-bond acceptors (Lipinski definition) is 5. The molecule has 0 unspecified atom stereocenters. The van der Waals surface area contributed by atoms with Crippen molar-refractivity contribution in [2.45, 2.75) is 18.2 Å². The molecule has 0 saturated carbocycles. The maximum Gasteiger partial charge on any atom is 0.338 e. The number of benzene rings is 3. The minimum atomic E-state index is -3.70. The number of ketones is 1. The topological polar surface area (TPSA) is 89.5 Å². The summed E-state index contributed by atoms with van der Waals surface area (Å²) < 4.78 is 31.8. The van der Waals surface area contributed by atoms with Crippen LogP contribution in [0.15, 0.2) is 71.6 Å². The Labute approximate surface area is 180 Å². The molecule has 1 aliphatic rings. The van der Waals surface area contributed by atoms with Crippen LogP contribution in [-0.4, -0.2) is 33.3 Å². The fourth-order valence-electron chi connectivity index (χ4n) is 3.66. The van der Waals surface area contributed by atoms with Crippen molar-refractivity contribution in [2.75, 3.05) is 13.2 Å². The van der Waals surface area contributed by atoms with E-state index in [0.29, 0.717) is 5.56 Å². The van der Waals surface area contributed by atoms with Crippen LogP contribution in [0.1, 0.15) is 38.8 Å². The summed E-state index contributed by atoms with van der Waals surface area (Å²) in [6, 6.07) is 19.1. The molecule has 0 saturated heterocycles. The lowest BCUT2D eigenvalue weighted by Gasteiger charge is -2.08. The van der Waals surface area contributed by atoms with Gasteiger partial charge in [0.1, 0.15) is 0 Å². The van der Waals surface area contributed by atoms with E-state index in [0.717, 1.165) is 23.1 Å². The van der Waals surface area contributed by atoms with E-state index in [1.165, 1.54) is 29.8 Å². The maximum absolute atomic E-state index is 12.6. The van der Waals surface area contributed by atoms with Crippen molar-refractivity contribution >= 4 is 21.8 Å². The van der Waals surface area contributed by atoms with Crippen LogP contribution in [-0.2, 0) is 21.2 Å². The third kappa shape index (κ3) is 4.28. The highest BCUT2D eigenvalue weighted by molar-refractivity contribution is 7.89. The third-order valence-corrected chi connectivity index (χ3v) is 6.71. The second-order valence-corrected chi connectivity index (χ2v) is 9.00. The molecule has 1 aliphatic carbocycles. The molecule has 4 rings (SSSR count). The summed E-state index contributed by atoms with van der Waals surface area (Å²) in [6.45, 7) is 1.47. The van der Waals surface area contributed by atoms with Crippen LogP contribution in [0.3, 0.4) is 0 Å². The Balaban J connectivity index is 1.46. The summed E-state index contributed by atoms with van der Waals surface area (Å²) >= 11 is 0. The standard InChI is InChI=1S/C24H21NO5S/c1-2-25-31(28,29)20-8-5-7-19(13-20)24(27)30-15-23(26)18-11-10-17-12-16-6-3-4-9-21(16)22(17)14-18/h3-11,13-14,25H,2,12,15H2,1H3. The second kappa shape index (κ2) is 8.45. The molecule has 0 amide bonds. The van der Waals surface area contributed by atoms with Gasteiger partial charge in [0, 0.05) is 12.1 Å². The van der Waals surface area contributed by atoms with Gasteiger partial charge in [-0.25, -0.2) is 17.9 Å². The molecule has 3 aromatic rings. The molecule has 7 heteroatoms. The van der Waals surface area contributed by atoms with E-state index in [-0.39, 0.29) is 22.8 Å². The van der Waals surface area contributed by atoms with Crippen molar-refractivity contribution in [3.8, 4) is 11.1 Å². The molecule has 0 heterocycles. The SMILES string of the molecule is CCNS(=O)(=O)c1cccc(C(=O)OCC(=O)c2ccc3c(c2)-c2ccccc2C3)c1. The molecular formula is C24H21NO5S. The molecule has 0 aliphatic heterocycles. The van der Waals surface area contributed by atoms with Gasteiger partial charge in [0.15, 0.2) is 12.4 Å². The van der Waals surface area contributed by atoms with Crippen LogP contribution in [0.5, 0.6) is 0 Å². The van der Waals surface area contributed by atoms with Crippen molar-refractivity contribution in [3.05, 3.63) is 89.0 Å². The molecule has 0 fully saturated rings. The van der Waals surface area contributed by atoms with E-state index in [2.05, 4.69) is 10.8 Å². The first-order chi connectivity index (χ1) is 14.9. The van der Waals surface area contributed by atoms with Gasteiger partial charge >= 0.3 is 5.97 Å². The monoisotopic (exact) mass is 435 g/mol. The van der Waals surface area contributed by atoms with Gasteiger partial charge in [0.25, 0.3) is 0 Å². The van der Waals surface area contributed by atoms with Crippen molar-refractivity contribution in [1.82, 2.24) is 4.72 Å². The molecule has 0 aromatic heterocycles. The second-order valence-electron chi connectivity index (χ2n) is 7.23. The van der Waals surface area contributed by atoms with Gasteiger partial charge in [0.05, 0.1) is 10.5 Å². The highest BCUT2D eigenvalue weighted by Gasteiger charge is 2.21. The van der Waals surface area contributed by atoms with Crippen LogP contribution < -0.4 is 4.72 Å². The van der Waals surface area contributed by atoms with Gasteiger partial charge in [0.2, 0.25) is 10.0 Å². The Morgan fingerprint density at radius 2 is 1.68 bits per heavy atom. The van der Waals surface area contributed by atoms with Gasteiger partial charge in [-0.05, 0) is 52.9 Å². The fourth-order valence-corrected chi connectivity index (χ4v) is 4.75. The molecule has 0 bridgehead atoms. The number of rotatable bonds is 7. The average molecular weight is 436 g/mol. The van der Waals surface area contributed by atoms with Gasteiger partial charge in [-0.2, -0.15) is 0 Å². The number of carbonyl (C=O) groups is 2. The van der Waals surface area contributed by atoms with Crippen molar-refractivity contribution < 1.29 is 22.7 Å². The lowest BCUT2D eigenvalue weighted by molar-refractivity contribution is 0.0474. The van der Waals surface area contributed by atoms with Crippen LogP contribution >= 0.6 is 0 Å². The predicted molar refractivity (Wildman–Crippen MR) is 117 cm³/mol. The minimum Gasteiger partial charge on any atom is -0.454 e. The normalized spacial score (nSPS) is 12.2. The van der Waals surface area contributed by atoms with E-state index in [1.807, 2.05) is 30.3 Å². The van der Waals surface area contributed by atoms with Crippen molar-refractivity contribution in [3.63, 3.8) is 0 Å². The Morgan fingerprint density at radius 1 is 0.903 bits per heavy atom. The number of sulfonamides is 1. The number of esters is 1. The molecule has 0 radical (unpaired) electrons. The fraction of sp³-hybridized carbons (Fsp3) is 0.167. The third-order valence-electron chi connectivity index (χ3n) is 5.17. The lowest BCUT2D eigenvalue weighted by Crippen LogP contribution is -2.23. The first-order valence-corrected chi connectivity index (χ1v) is 11.4. The van der Waals surface area contributed by atoms with Crippen LogP contribution in [0, 0.1) is 0 Å². The Hall–Kier alpha value is -3.29. The molecule has 0 spiro atoms. The van der Waals surface area contributed by atoms with E-state index < -0.39 is 22.6 Å². The number of carbonyl (C=O) groups excluding carboxylic acids is 2. The summed E-state index contributed by atoms with van der Waals surface area (Å²) in [7, 11) is -3.70. The zero-order valence-electron chi connectivity index (χ0n) is 16.9. The van der Waals surface area contributed by atoms with Gasteiger partial charge in [-0.15, -0.1) is 0 Å². The van der Waals surface area contributed by atoms with E-state index in [1.54, 1.807) is 13.0 Å². The average Bonchev–Trinajstić information content (AvgIpc) is 3.15. The van der Waals surface area contributed by atoms with Gasteiger partial charge in [-0.1, -0.05) is 49.4 Å². The van der Waals surface area contributed by atoms with Gasteiger partial charge < -0.3 is 4.74 Å². The number of nitrogens with one attached hydrogen (secondary N) is 1. The first-order valence-electron chi connectivity index (χ1n) is 9.90. The smallest absolute Gasteiger partial charge is 0.338 e. The number of Topliss-reactive ketones (excluding diaryl/α,β-unsaturated/α-hetero) is 1. The van der Waals surface area contributed by atoms with E-state index >= 15 is 0 Å². The largest absolute Gasteiger partial charge is 0.454 e. The summed E-state index contributed by atoms with van der Waals surface area (Å²) in [4.78, 5) is 25.0. The zero-order chi connectivity index (χ0) is 22.0. The van der Waals surface area contributed by atoms with Gasteiger partial charge in [-0.3, -0.25) is 4.79 Å². The van der Waals surface area contributed by atoms with Crippen molar-refractivity contribution in [1.29, 1.82) is 0 Å². The maximum atomic E-state index is 12.6. The zero-order valence-corrected chi connectivity index (χ0v) is 17.7. The molecule has 1 N–H and O–H groups in total. The lowest BCUT2D eigenvalue weighted by atomic mass is 10.0. The quantitative estimate of drug-likeness (QED) is 0.354. The molecule has 6 nitrogen and oxygen atoms in total. The number of ether oxygens (including phenoxy) is 1. The Bertz CT molecular complexity index is 1280. The van der Waals surface area contributed by atoms with Crippen molar-refractivity contribution in [2.24, 2.45) is 0 Å². The Morgan fingerprint density at radius 3 is 2.48 bits per heavy atom. The predicted octanol–water partition coefficient (Wildman–Crippen LogP) is 3.60. The minimum absolute atomic E-state index is 0.0348. The molecular weight excluding hydrogens is 414 g/mol. The summed E-state index contributed by atoms with van der Waals surface area (Å²) in [5.74, 6) is -1.08. The van der Waals surface area contributed by atoms with Crippen LogP contribution in [0.4, 0.5) is 0 Å². The van der Waals surface area contributed by atoms with Crippen LogP contribution in [0.25, 0.3) is 11.1 Å². The molecule has 0 atom stereocenters. The van der Waals surface area contributed by atoms with E-state index in [4.69, 9.17) is 4.74 Å². The molecule has 158 valence electrons.